The van der Waals surface area contributed by atoms with E-state index in [0.717, 1.165) is 37.9 Å². The predicted octanol–water partition coefficient (Wildman–Crippen LogP) is 5.66. The second kappa shape index (κ2) is 8.75. The van der Waals surface area contributed by atoms with Crippen LogP contribution in [-0.4, -0.2) is 25.0 Å². The van der Waals surface area contributed by atoms with Crippen LogP contribution in [0.15, 0.2) is 97.1 Å². The Morgan fingerprint density at radius 3 is 1.94 bits per heavy atom. The highest BCUT2D eigenvalue weighted by Crippen LogP contribution is 2.29. The molecule has 5 rings (SSSR count). The van der Waals surface area contributed by atoms with Crippen LogP contribution in [0.2, 0.25) is 0 Å². The fourth-order valence-electron chi connectivity index (χ4n) is 4.44. The SMILES string of the molecule is COC(=O)[C@@H](Cc1c2ccccc2cc2ccccc12)NC(=O)c1ccc2ccccc2c1. The molecule has 0 aliphatic carbocycles. The average Bonchev–Trinajstić information content (AvgIpc) is 2.87. The molecule has 0 aromatic heterocycles. The van der Waals surface area contributed by atoms with Gasteiger partial charge in [-0.25, -0.2) is 4.79 Å². The molecule has 0 aliphatic rings. The Labute approximate surface area is 191 Å². The van der Waals surface area contributed by atoms with Gasteiger partial charge >= 0.3 is 5.97 Å². The molecule has 0 saturated heterocycles. The number of methoxy groups -OCH3 is 1. The maximum atomic E-state index is 13.1. The quantitative estimate of drug-likeness (QED) is 0.287. The van der Waals surface area contributed by atoms with Gasteiger partial charge in [-0.05, 0) is 56.1 Å². The van der Waals surface area contributed by atoms with Gasteiger partial charge in [0, 0.05) is 12.0 Å². The number of benzene rings is 5. The molecule has 4 heteroatoms. The van der Waals surface area contributed by atoms with Crippen molar-refractivity contribution >= 4 is 44.2 Å². The largest absolute Gasteiger partial charge is 0.467 e. The number of carbonyl (C=O) groups excluding carboxylic acids is 2. The first kappa shape index (κ1) is 20.7. The van der Waals surface area contributed by atoms with E-state index >= 15 is 0 Å². The lowest BCUT2D eigenvalue weighted by atomic mass is 9.92. The van der Waals surface area contributed by atoms with E-state index in [9.17, 15) is 9.59 Å². The van der Waals surface area contributed by atoms with E-state index in [1.54, 1.807) is 6.07 Å². The number of hydrogen-bond acceptors (Lipinski definition) is 3. The van der Waals surface area contributed by atoms with E-state index in [1.165, 1.54) is 7.11 Å². The minimum atomic E-state index is -0.816. The third kappa shape index (κ3) is 4.03. The highest BCUT2D eigenvalue weighted by atomic mass is 16.5. The van der Waals surface area contributed by atoms with Crippen molar-refractivity contribution in [3.63, 3.8) is 0 Å². The molecule has 162 valence electrons. The van der Waals surface area contributed by atoms with Crippen molar-refractivity contribution in [1.29, 1.82) is 0 Å². The van der Waals surface area contributed by atoms with Crippen LogP contribution in [0.25, 0.3) is 32.3 Å². The molecule has 0 heterocycles. The highest BCUT2D eigenvalue weighted by molar-refractivity contribution is 6.04. The lowest BCUT2D eigenvalue weighted by Gasteiger charge is -2.19. The minimum Gasteiger partial charge on any atom is -0.467 e. The van der Waals surface area contributed by atoms with Crippen molar-refractivity contribution in [3.8, 4) is 0 Å². The second-order valence-corrected chi connectivity index (χ2v) is 8.11. The molecule has 1 atom stereocenters. The van der Waals surface area contributed by atoms with E-state index in [-0.39, 0.29) is 5.91 Å². The molecule has 1 N–H and O–H groups in total. The summed E-state index contributed by atoms with van der Waals surface area (Å²) in [6.45, 7) is 0. The molecule has 5 aromatic rings. The topological polar surface area (TPSA) is 55.4 Å². The molecule has 1 amide bonds. The van der Waals surface area contributed by atoms with Gasteiger partial charge in [-0.15, -0.1) is 0 Å². The van der Waals surface area contributed by atoms with Crippen LogP contribution >= 0.6 is 0 Å². The zero-order chi connectivity index (χ0) is 22.8. The number of carbonyl (C=O) groups is 2. The van der Waals surface area contributed by atoms with Gasteiger partial charge in [0.25, 0.3) is 5.91 Å². The zero-order valence-electron chi connectivity index (χ0n) is 18.2. The van der Waals surface area contributed by atoms with E-state index < -0.39 is 12.0 Å². The van der Waals surface area contributed by atoms with Gasteiger partial charge in [-0.2, -0.15) is 0 Å². The summed E-state index contributed by atoms with van der Waals surface area (Å²) in [6, 6.07) is 30.9. The second-order valence-electron chi connectivity index (χ2n) is 8.11. The molecular formula is C29H23NO3. The summed E-state index contributed by atoms with van der Waals surface area (Å²) in [5.41, 5.74) is 1.52. The van der Waals surface area contributed by atoms with E-state index in [0.29, 0.717) is 12.0 Å². The Kier molecular flexibility index (Phi) is 5.49. The first-order valence-electron chi connectivity index (χ1n) is 10.9. The maximum absolute atomic E-state index is 13.1. The number of hydrogen-bond donors (Lipinski definition) is 1. The van der Waals surface area contributed by atoms with Crippen molar-refractivity contribution in [2.75, 3.05) is 7.11 Å². The zero-order valence-corrected chi connectivity index (χ0v) is 18.2. The van der Waals surface area contributed by atoms with Crippen LogP contribution in [0.1, 0.15) is 15.9 Å². The van der Waals surface area contributed by atoms with Crippen molar-refractivity contribution in [1.82, 2.24) is 5.32 Å². The van der Waals surface area contributed by atoms with Gasteiger partial charge in [0.15, 0.2) is 0 Å². The molecule has 33 heavy (non-hydrogen) atoms. The summed E-state index contributed by atoms with van der Waals surface area (Å²) in [5.74, 6) is -0.776. The average molecular weight is 434 g/mol. The summed E-state index contributed by atoms with van der Waals surface area (Å²) in [4.78, 5) is 25.8. The van der Waals surface area contributed by atoms with Crippen LogP contribution in [0.5, 0.6) is 0 Å². The molecule has 0 radical (unpaired) electrons. The fourth-order valence-corrected chi connectivity index (χ4v) is 4.44. The molecular weight excluding hydrogens is 410 g/mol. The van der Waals surface area contributed by atoms with Crippen LogP contribution in [-0.2, 0) is 16.0 Å². The first-order valence-corrected chi connectivity index (χ1v) is 10.9. The molecule has 5 aromatic carbocycles. The highest BCUT2D eigenvalue weighted by Gasteiger charge is 2.24. The van der Waals surface area contributed by atoms with Crippen molar-refractivity contribution in [2.24, 2.45) is 0 Å². The number of ether oxygens (including phenoxy) is 1. The van der Waals surface area contributed by atoms with Gasteiger partial charge in [0.05, 0.1) is 7.11 Å². The van der Waals surface area contributed by atoms with Gasteiger partial charge in [0.2, 0.25) is 0 Å². The third-order valence-corrected chi connectivity index (χ3v) is 6.09. The molecule has 0 unspecified atom stereocenters. The van der Waals surface area contributed by atoms with Crippen LogP contribution in [0, 0.1) is 0 Å². The van der Waals surface area contributed by atoms with E-state index in [4.69, 9.17) is 4.74 Å². The smallest absolute Gasteiger partial charge is 0.328 e. The Morgan fingerprint density at radius 1 is 0.727 bits per heavy atom. The fraction of sp³-hybridized carbons (Fsp3) is 0.103. The number of fused-ring (bicyclic) bond motifs is 3. The predicted molar refractivity (Wildman–Crippen MR) is 132 cm³/mol. The number of amides is 1. The lowest BCUT2D eigenvalue weighted by Crippen LogP contribution is -2.43. The molecule has 0 bridgehead atoms. The van der Waals surface area contributed by atoms with E-state index in [1.807, 2.05) is 60.7 Å². The number of esters is 1. The standard InChI is InChI=1S/C29H23NO3/c1-33-29(32)27(30-28(31)23-15-14-19-8-2-3-9-20(19)16-23)18-26-24-12-6-4-10-21(24)17-22-11-5-7-13-25(22)26/h2-17,27H,18H2,1H3,(H,30,31)/t27-/m1/s1. The maximum Gasteiger partial charge on any atom is 0.328 e. The van der Waals surface area contributed by atoms with Crippen molar-refractivity contribution in [2.45, 2.75) is 12.5 Å². The summed E-state index contributed by atoms with van der Waals surface area (Å²) in [6.07, 6.45) is 0.327. The van der Waals surface area contributed by atoms with Crippen LogP contribution in [0.4, 0.5) is 0 Å². The van der Waals surface area contributed by atoms with Crippen LogP contribution in [0.3, 0.4) is 0 Å². The molecule has 0 saturated carbocycles. The first-order chi connectivity index (χ1) is 16.1. The number of nitrogens with one attached hydrogen (secondary N) is 1. The van der Waals surface area contributed by atoms with E-state index in [2.05, 4.69) is 35.6 Å². The Bertz CT molecular complexity index is 1450. The monoisotopic (exact) mass is 433 g/mol. The van der Waals surface area contributed by atoms with Gasteiger partial charge in [-0.3, -0.25) is 4.79 Å². The van der Waals surface area contributed by atoms with Crippen molar-refractivity contribution < 1.29 is 14.3 Å². The van der Waals surface area contributed by atoms with Gasteiger partial charge in [0.1, 0.15) is 6.04 Å². The number of rotatable bonds is 5. The molecule has 0 spiro atoms. The summed E-state index contributed by atoms with van der Waals surface area (Å²) >= 11 is 0. The Balaban J connectivity index is 1.53. The third-order valence-electron chi connectivity index (χ3n) is 6.09. The normalized spacial score (nSPS) is 12.0. The molecule has 0 fully saturated rings. The molecule has 0 aliphatic heterocycles. The van der Waals surface area contributed by atoms with Crippen LogP contribution < -0.4 is 5.32 Å². The van der Waals surface area contributed by atoms with Crippen molar-refractivity contribution in [3.05, 3.63) is 108 Å². The lowest BCUT2D eigenvalue weighted by molar-refractivity contribution is -0.142. The molecule has 4 nitrogen and oxygen atoms in total. The summed E-state index contributed by atoms with van der Waals surface area (Å²) in [5, 5.41) is 9.25. The Morgan fingerprint density at radius 2 is 1.30 bits per heavy atom. The Hall–Kier alpha value is -4.18. The summed E-state index contributed by atoms with van der Waals surface area (Å²) < 4.78 is 5.06. The minimum absolute atomic E-state index is 0.305. The summed E-state index contributed by atoms with van der Waals surface area (Å²) in [7, 11) is 1.35. The van der Waals surface area contributed by atoms with Gasteiger partial charge in [-0.1, -0.05) is 78.9 Å². The van der Waals surface area contributed by atoms with Gasteiger partial charge < -0.3 is 10.1 Å².